The zero-order chi connectivity index (χ0) is 13.0. The fourth-order valence-corrected chi connectivity index (χ4v) is 1.62. The Morgan fingerprint density at radius 1 is 1.06 bits per heavy atom. The second kappa shape index (κ2) is 5.66. The summed E-state index contributed by atoms with van der Waals surface area (Å²) in [6.45, 7) is 2.00. The van der Waals surface area contributed by atoms with E-state index in [9.17, 15) is 0 Å². The minimum absolute atomic E-state index is 0.489. The van der Waals surface area contributed by atoms with Crippen LogP contribution in [-0.4, -0.2) is 29.2 Å². The SMILES string of the molecule is COC(OC)c1ccnc(-c2cc(C)ccn2)n1. The molecule has 0 saturated carbocycles. The molecule has 0 aromatic carbocycles. The molecule has 0 aliphatic carbocycles. The van der Waals surface area contributed by atoms with E-state index in [0.29, 0.717) is 11.5 Å². The quantitative estimate of drug-likeness (QED) is 0.772. The summed E-state index contributed by atoms with van der Waals surface area (Å²) in [7, 11) is 3.14. The van der Waals surface area contributed by atoms with E-state index in [0.717, 1.165) is 11.3 Å². The van der Waals surface area contributed by atoms with Crippen molar-refractivity contribution < 1.29 is 9.47 Å². The predicted octanol–water partition coefficient (Wildman–Crippen LogP) is 2.14. The summed E-state index contributed by atoms with van der Waals surface area (Å²) in [4.78, 5) is 12.9. The molecular formula is C13H15N3O2. The third kappa shape index (κ3) is 2.69. The van der Waals surface area contributed by atoms with Crippen LogP contribution in [0.3, 0.4) is 0 Å². The van der Waals surface area contributed by atoms with Gasteiger partial charge in [0.15, 0.2) is 5.82 Å². The molecule has 0 fully saturated rings. The van der Waals surface area contributed by atoms with E-state index in [1.54, 1.807) is 32.7 Å². The average Bonchev–Trinajstić information content (AvgIpc) is 2.41. The molecule has 2 rings (SSSR count). The van der Waals surface area contributed by atoms with Gasteiger partial charge in [-0.15, -0.1) is 0 Å². The van der Waals surface area contributed by atoms with Crippen LogP contribution in [0.15, 0.2) is 30.6 Å². The monoisotopic (exact) mass is 245 g/mol. The van der Waals surface area contributed by atoms with Gasteiger partial charge in [-0.2, -0.15) is 0 Å². The Labute approximate surface area is 106 Å². The Balaban J connectivity index is 2.38. The van der Waals surface area contributed by atoms with Gasteiger partial charge in [-0.05, 0) is 30.7 Å². The van der Waals surface area contributed by atoms with Crippen molar-refractivity contribution in [3.63, 3.8) is 0 Å². The summed E-state index contributed by atoms with van der Waals surface area (Å²) in [5.41, 5.74) is 2.53. The lowest BCUT2D eigenvalue weighted by atomic mass is 10.2. The largest absolute Gasteiger partial charge is 0.350 e. The van der Waals surface area contributed by atoms with Gasteiger partial charge < -0.3 is 9.47 Å². The van der Waals surface area contributed by atoms with Gasteiger partial charge in [-0.25, -0.2) is 9.97 Å². The van der Waals surface area contributed by atoms with Crippen molar-refractivity contribution in [2.24, 2.45) is 0 Å². The summed E-state index contributed by atoms with van der Waals surface area (Å²) in [5.74, 6) is 0.565. The Bertz CT molecular complexity index is 527. The number of hydrogen-bond donors (Lipinski definition) is 0. The summed E-state index contributed by atoms with van der Waals surface area (Å²) in [6.07, 6.45) is 2.92. The van der Waals surface area contributed by atoms with E-state index in [4.69, 9.17) is 9.47 Å². The van der Waals surface area contributed by atoms with Crippen molar-refractivity contribution in [2.45, 2.75) is 13.2 Å². The molecular weight excluding hydrogens is 230 g/mol. The van der Waals surface area contributed by atoms with E-state index in [1.807, 2.05) is 19.1 Å². The first-order valence-corrected chi connectivity index (χ1v) is 5.56. The van der Waals surface area contributed by atoms with Crippen LogP contribution in [0, 0.1) is 6.92 Å². The molecule has 0 N–H and O–H groups in total. The zero-order valence-electron chi connectivity index (χ0n) is 10.6. The number of aryl methyl sites for hydroxylation is 1. The standard InChI is InChI=1S/C13H15N3O2/c1-9-4-6-14-11(8-9)12-15-7-5-10(16-12)13(17-2)18-3/h4-8,13H,1-3H3. The maximum atomic E-state index is 5.17. The topological polar surface area (TPSA) is 57.1 Å². The molecule has 2 aromatic heterocycles. The fourth-order valence-electron chi connectivity index (χ4n) is 1.62. The van der Waals surface area contributed by atoms with E-state index in [2.05, 4.69) is 15.0 Å². The minimum Gasteiger partial charge on any atom is -0.350 e. The van der Waals surface area contributed by atoms with Gasteiger partial charge in [0.25, 0.3) is 0 Å². The summed E-state index contributed by atoms with van der Waals surface area (Å²) < 4.78 is 10.3. The molecule has 2 heterocycles. The van der Waals surface area contributed by atoms with Gasteiger partial charge in [-0.3, -0.25) is 4.98 Å². The highest BCUT2D eigenvalue weighted by Crippen LogP contribution is 2.18. The highest BCUT2D eigenvalue weighted by atomic mass is 16.7. The maximum absolute atomic E-state index is 5.17. The Morgan fingerprint density at radius 2 is 1.78 bits per heavy atom. The lowest BCUT2D eigenvalue weighted by molar-refractivity contribution is -0.108. The molecule has 0 radical (unpaired) electrons. The zero-order valence-corrected chi connectivity index (χ0v) is 10.6. The van der Waals surface area contributed by atoms with Crippen molar-refractivity contribution in [1.29, 1.82) is 0 Å². The number of pyridine rings is 1. The minimum atomic E-state index is -0.489. The normalized spacial score (nSPS) is 10.9. The predicted molar refractivity (Wildman–Crippen MR) is 66.8 cm³/mol. The molecule has 5 nitrogen and oxygen atoms in total. The van der Waals surface area contributed by atoms with Crippen LogP contribution in [0.5, 0.6) is 0 Å². The van der Waals surface area contributed by atoms with Crippen LogP contribution in [0.4, 0.5) is 0 Å². The molecule has 0 unspecified atom stereocenters. The van der Waals surface area contributed by atoms with Gasteiger partial charge in [0.2, 0.25) is 6.29 Å². The molecule has 0 aliphatic rings. The molecule has 0 amide bonds. The van der Waals surface area contributed by atoms with Crippen molar-refractivity contribution in [3.05, 3.63) is 41.9 Å². The van der Waals surface area contributed by atoms with Crippen molar-refractivity contribution in [3.8, 4) is 11.5 Å². The fraction of sp³-hybridized carbons (Fsp3) is 0.308. The average molecular weight is 245 g/mol. The molecule has 0 bridgehead atoms. The number of ether oxygens (including phenoxy) is 2. The van der Waals surface area contributed by atoms with Crippen LogP contribution >= 0.6 is 0 Å². The second-order valence-corrected chi connectivity index (χ2v) is 3.83. The van der Waals surface area contributed by atoms with E-state index in [-0.39, 0.29) is 0 Å². The number of aromatic nitrogens is 3. The van der Waals surface area contributed by atoms with Crippen LogP contribution < -0.4 is 0 Å². The van der Waals surface area contributed by atoms with Crippen molar-refractivity contribution in [2.75, 3.05) is 14.2 Å². The van der Waals surface area contributed by atoms with Crippen LogP contribution in [0.25, 0.3) is 11.5 Å². The molecule has 0 saturated heterocycles. The molecule has 0 aliphatic heterocycles. The third-order valence-corrected chi connectivity index (χ3v) is 2.49. The van der Waals surface area contributed by atoms with Crippen LogP contribution in [0.2, 0.25) is 0 Å². The summed E-state index contributed by atoms with van der Waals surface area (Å²) >= 11 is 0. The Hall–Kier alpha value is -1.85. The van der Waals surface area contributed by atoms with Crippen LogP contribution in [-0.2, 0) is 9.47 Å². The first-order valence-electron chi connectivity index (χ1n) is 5.56. The lowest BCUT2D eigenvalue weighted by Crippen LogP contribution is -2.07. The van der Waals surface area contributed by atoms with Crippen molar-refractivity contribution in [1.82, 2.24) is 15.0 Å². The van der Waals surface area contributed by atoms with E-state index in [1.165, 1.54) is 0 Å². The third-order valence-electron chi connectivity index (χ3n) is 2.49. The van der Waals surface area contributed by atoms with E-state index < -0.39 is 6.29 Å². The lowest BCUT2D eigenvalue weighted by Gasteiger charge is -2.12. The number of hydrogen-bond acceptors (Lipinski definition) is 5. The second-order valence-electron chi connectivity index (χ2n) is 3.83. The first-order chi connectivity index (χ1) is 8.74. The number of methoxy groups -OCH3 is 2. The van der Waals surface area contributed by atoms with Crippen LogP contribution in [0.1, 0.15) is 17.5 Å². The molecule has 2 aromatic rings. The maximum Gasteiger partial charge on any atom is 0.200 e. The number of rotatable bonds is 4. The highest BCUT2D eigenvalue weighted by Gasteiger charge is 2.12. The van der Waals surface area contributed by atoms with Gasteiger partial charge in [0.05, 0.1) is 0 Å². The van der Waals surface area contributed by atoms with Crippen molar-refractivity contribution >= 4 is 0 Å². The van der Waals surface area contributed by atoms with Gasteiger partial charge in [0.1, 0.15) is 11.4 Å². The number of nitrogens with zero attached hydrogens (tertiary/aromatic N) is 3. The smallest absolute Gasteiger partial charge is 0.200 e. The Kier molecular flexibility index (Phi) is 3.96. The van der Waals surface area contributed by atoms with Gasteiger partial charge >= 0.3 is 0 Å². The highest BCUT2D eigenvalue weighted by molar-refractivity contribution is 5.49. The summed E-state index contributed by atoms with van der Waals surface area (Å²) in [6, 6.07) is 5.63. The van der Waals surface area contributed by atoms with E-state index >= 15 is 0 Å². The molecule has 94 valence electrons. The first kappa shape index (κ1) is 12.6. The summed E-state index contributed by atoms with van der Waals surface area (Å²) in [5, 5.41) is 0. The van der Waals surface area contributed by atoms with Gasteiger partial charge in [0, 0.05) is 26.6 Å². The molecule has 0 spiro atoms. The van der Waals surface area contributed by atoms with Gasteiger partial charge in [-0.1, -0.05) is 0 Å². The molecule has 0 atom stereocenters. The molecule has 5 heteroatoms. The molecule has 18 heavy (non-hydrogen) atoms. The Morgan fingerprint density at radius 3 is 2.44 bits per heavy atom.